The zero-order chi connectivity index (χ0) is 16.4. The molecule has 118 valence electrons. The number of rotatable bonds is 5. The number of sulfonamides is 1. The summed E-state index contributed by atoms with van der Waals surface area (Å²) in [6.07, 6.45) is -4.90. The minimum atomic E-state index is -4.90. The van der Waals surface area contributed by atoms with Gasteiger partial charge in [0.25, 0.3) is 0 Å². The van der Waals surface area contributed by atoms with Crippen LogP contribution in [0.3, 0.4) is 0 Å². The molecule has 1 aromatic rings. The molecule has 0 bridgehead atoms. The fourth-order valence-electron chi connectivity index (χ4n) is 1.40. The maximum Gasteiger partial charge on any atom is 0.402 e. The summed E-state index contributed by atoms with van der Waals surface area (Å²) in [4.78, 5) is 9.96. The van der Waals surface area contributed by atoms with Gasteiger partial charge in [-0.25, -0.2) is 8.42 Å². The van der Waals surface area contributed by atoms with Crippen molar-refractivity contribution < 1.29 is 31.5 Å². The van der Waals surface area contributed by atoms with Crippen LogP contribution in [-0.2, 0) is 14.8 Å². The van der Waals surface area contributed by atoms with Crippen LogP contribution >= 0.6 is 23.2 Å². The molecular weight excluding hydrogens is 358 g/mol. The van der Waals surface area contributed by atoms with E-state index in [4.69, 9.17) is 28.3 Å². The molecule has 0 aliphatic carbocycles. The highest BCUT2D eigenvalue weighted by Gasteiger charge is 2.38. The summed E-state index contributed by atoms with van der Waals surface area (Å²) in [5.41, 5.74) is 0. The molecule has 0 fully saturated rings. The number of halogens is 5. The van der Waals surface area contributed by atoms with Crippen LogP contribution in [0.4, 0.5) is 13.2 Å². The topological polar surface area (TPSA) is 74.7 Å². The number of aliphatic carboxylic acids is 1. The maximum atomic E-state index is 12.4. The van der Waals surface area contributed by atoms with Crippen LogP contribution in [0.5, 0.6) is 0 Å². The van der Waals surface area contributed by atoms with Crippen LogP contribution in [0.1, 0.15) is 0 Å². The molecular formula is C10H8Cl2F3NO4S. The molecule has 0 spiro atoms. The summed E-state index contributed by atoms with van der Waals surface area (Å²) in [5, 5.41) is 8.36. The van der Waals surface area contributed by atoms with Crippen LogP contribution < -0.4 is 0 Å². The lowest BCUT2D eigenvalue weighted by molar-refractivity contribution is -0.146. The van der Waals surface area contributed by atoms with Gasteiger partial charge in [-0.1, -0.05) is 23.2 Å². The quantitative estimate of drug-likeness (QED) is 0.870. The Balaban J connectivity index is 3.29. The molecule has 0 heterocycles. The fourth-order valence-corrected chi connectivity index (χ4v) is 3.51. The van der Waals surface area contributed by atoms with E-state index in [-0.39, 0.29) is 14.4 Å². The first-order chi connectivity index (χ1) is 9.41. The second kappa shape index (κ2) is 6.39. The first-order valence-electron chi connectivity index (χ1n) is 5.16. The van der Waals surface area contributed by atoms with E-state index in [1.165, 1.54) is 6.07 Å². The van der Waals surface area contributed by atoms with Gasteiger partial charge in [0.2, 0.25) is 10.0 Å². The van der Waals surface area contributed by atoms with Gasteiger partial charge in [0.15, 0.2) is 0 Å². The van der Waals surface area contributed by atoms with Crippen molar-refractivity contribution in [3.05, 3.63) is 28.2 Å². The van der Waals surface area contributed by atoms with Crippen molar-refractivity contribution >= 4 is 39.2 Å². The monoisotopic (exact) mass is 365 g/mol. The lowest BCUT2D eigenvalue weighted by atomic mass is 10.4. The van der Waals surface area contributed by atoms with E-state index in [2.05, 4.69) is 0 Å². The molecule has 0 amide bonds. The second-order valence-electron chi connectivity index (χ2n) is 3.89. The number of carbonyl (C=O) groups is 1. The highest BCUT2D eigenvalue weighted by atomic mass is 35.5. The molecule has 0 atom stereocenters. The van der Waals surface area contributed by atoms with Crippen molar-refractivity contribution in [3.63, 3.8) is 0 Å². The summed E-state index contributed by atoms with van der Waals surface area (Å²) in [6, 6.07) is 2.95. The van der Waals surface area contributed by atoms with Crippen LogP contribution in [-0.4, -0.2) is 43.1 Å². The van der Waals surface area contributed by atoms with E-state index in [0.717, 1.165) is 12.1 Å². The first kappa shape index (κ1) is 18.0. The van der Waals surface area contributed by atoms with Crippen molar-refractivity contribution in [2.45, 2.75) is 11.1 Å². The van der Waals surface area contributed by atoms with Crippen molar-refractivity contribution in [1.29, 1.82) is 0 Å². The zero-order valence-corrected chi connectivity index (χ0v) is 12.4. The van der Waals surface area contributed by atoms with Gasteiger partial charge in [0.05, 0.1) is 4.90 Å². The van der Waals surface area contributed by atoms with Gasteiger partial charge in [-0.15, -0.1) is 0 Å². The molecule has 0 aliphatic rings. The Bertz CT molecular complexity index is 628. The predicted octanol–water partition coefficient (Wildman–Crippen LogP) is 2.63. The van der Waals surface area contributed by atoms with Gasteiger partial charge in [-0.2, -0.15) is 17.5 Å². The molecule has 0 saturated carbocycles. The number of nitrogens with zero attached hydrogens (tertiary/aromatic N) is 1. The van der Waals surface area contributed by atoms with Crippen molar-refractivity contribution in [3.8, 4) is 0 Å². The number of hydrogen-bond donors (Lipinski definition) is 1. The van der Waals surface area contributed by atoms with Crippen LogP contribution in [0.15, 0.2) is 23.1 Å². The Morgan fingerprint density at radius 3 is 2.05 bits per heavy atom. The summed E-state index contributed by atoms with van der Waals surface area (Å²) in [7, 11) is -4.71. The SMILES string of the molecule is O=C(O)CN(CC(F)(F)F)S(=O)(=O)c1cc(Cl)cc(Cl)c1. The Hall–Kier alpha value is -1.03. The average Bonchev–Trinajstić information content (AvgIpc) is 2.24. The average molecular weight is 366 g/mol. The lowest BCUT2D eigenvalue weighted by Gasteiger charge is -2.21. The first-order valence-corrected chi connectivity index (χ1v) is 7.36. The van der Waals surface area contributed by atoms with Gasteiger partial charge < -0.3 is 5.11 Å². The third kappa shape index (κ3) is 5.34. The molecule has 1 N–H and O–H groups in total. The predicted molar refractivity (Wildman–Crippen MR) is 68.9 cm³/mol. The number of alkyl halides is 3. The minimum absolute atomic E-state index is 0.108. The zero-order valence-electron chi connectivity index (χ0n) is 10.1. The van der Waals surface area contributed by atoms with E-state index in [1.54, 1.807) is 0 Å². The maximum absolute atomic E-state index is 12.4. The molecule has 0 aromatic heterocycles. The summed E-state index contributed by atoms with van der Waals surface area (Å²) >= 11 is 11.2. The van der Waals surface area contributed by atoms with E-state index in [0.29, 0.717) is 0 Å². The minimum Gasteiger partial charge on any atom is -0.480 e. The van der Waals surface area contributed by atoms with Gasteiger partial charge >= 0.3 is 12.1 Å². The fraction of sp³-hybridized carbons (Fsp3) is 0.300. The molecule has 0 unspecified atom stereocenters. The number of benzene rings is 1. The normalized spacial score (nSPS) is 12.7. The largest absolute Gasteiger partial charge is 0.480 e. The number of carboxylic acids is 1. The summed E-state index contributed by atoms with van der Waals surface area (Å²) in [5.74, 6) is -1.73. The lowest BCUT2D eigenvalue weighted by Crippen LogP contribution is -2.41. The van der Waals surface area contributed by atoms with Crippen LogP contribution in [0.2, 0.25) is 10.0 Å². The van der Waals surface area contributed by atoms with E-state index < -0.39 is 40.2 Å². The van der Waals surface area contributed by atoms with E-state index in [9.17, 15) is 26.4 Å². The molecule has 1 rings (SSSR count). The molecule has 0 radical (unpaired) electrons. The van der Waals surface area contributed by atoms with Gasteiger partial charge in [0.1, 0.15) is 13.1 Å². The Labute approximate surface area is 127 Å². The molecule has 21 heavy (non-hydrogen) atoms. The molecule has 1 aromatic carbocycles. The summed E-state index contributed by atoms with van der Waals surface area (Å²) in [6.45, 7) is -3.28. The molecule has 0 saturated heterocycles. The van der Waals surface area contributed by atoms with Crippen molar-refractivity contribution in [1.82, 2.24) is 4.31 Å². The third-order valence-electron chi connectivity index (χ3n) is 2.14. The Morgan fingerprint density at radius 1 is 1.19 bits per heavy atom. The Kier molecular flexibility index (Phi) is 5.48. The highest BCUT2D eigenvalue weighted by molar-refractivity contribution is 7.89. The molecule has 0 aliphatic heterocycles. The Morgan fingerprint density at radius 2 is 1.67 bits per heavy atom. The van der Waals surface area contributed by atoms with Gasteiger partial charge in [0, 0.05) is 10.0 Å². The van der Waals surface area contributed by atoms with Gasteiger partial charge in [-0.3, -0.25) is 4.79 Å². The standard InChI is InChI=1S/C10H8Cl2F3NO4S/c11-6-1-7(12)3-8(2-6)21(19,20)16(4-9(17)18)5-10(13,14)15/h1-3H,4-5H2,(H,17,18). The highest BCUT2D eigenvalue weighted by Crippen LogP contribution is 2.27. The van der Waals surface area contributed by atoms with Crippen molar-refractivity contribution in [2.24, 2.45) is 0 Å². The molecule has 11 heteroatoms. The number of hydrogen-bond acceptors (Lipinski definition) is 3. The van der Waals surface area contributed by atoms with E-state index >= 15 is 0 Å². The number of carboxylic acid groups (broad SMARTS) is 1. The van der Waals surface area contributed by atoms with Gasteiger partial charge in [-0.05, 0) is 18.2 Å². The third-order valence-corrected chi connectivity index (χ3v) is 4.35. The van der Waals surface area contributed by atoms with Crippen molar-refractivity contribution in [2.75, 3.05) is 13.1 Å². The smallest absolute Gasteiger partial charge is 0.402 e. The van der Waals surface area contributed by atoms with Crippen LogP contribution in [0, 0.1) is 0 Å². The van der Waals surface area contributed by atoms with E-state index in [1.807, 2.05) is 0 Å². The summed E-state index contributed by atoms with van der Waals surface area (Å²) < 4.78 is 61.2. The van der Waals surface area contributed by atoms with Crippen LogP contribution in [0.25, 0.3) is 0 Å². The second-order valence-corrected chi connectivity index (χ2v) is 6.70. The molecule has 5 nitrogen and oxygen atoms in total.